The standard InChI is InChI=1S/C37H26N2O.CH5N/c38-23-30-16-17-31(36-32(25-40)19-21-34(37(30)36)28-14-8-3-9-15-28)24-39-35-22-29(26-10-4-1-5-11-26)18-20-33(35)27-12-6-2-7-13-27;1-2/h1-22,25,39H,24H2;2H2,1H3. The molecule has 0 unspecified atom stereocenters. The van der Waals surface area contributed by atoms with Crippen molar-refractivity contribution < 1.29 is 4.79 Å². The molecule has 0 amide bonds. The van der Waals surface area contributed by atoms with Crippen LogP contribution in [0.2, 0.25) is 0 Å². The molecule has 0 heterocycles. The van der Waals surface area contributed by atoms with Crippen molar-refractivity contribution >= 4 is 22.7 Å². The van der Waals surface area contributed by atoms with E-state index in [1.165, 1.54) is 7.05 Å². The van der Waals surface area contributed by atoms with Gasteiger partial charge in [0.1, 0.15) is 0 Å². The Morgan fingerprint density at radius 1 is 0.643 bits per heavy atom. The normalized spacial score (nSPS) is 10.3. The summed E-state index contributed by atoms with van der Waals surface area (Å²) in [6.07, 6.45) is 0.882. The minimum absolute atomic E-state index is 0.485. The van der Waals surface area contributed by atoms with Crippen molar-refractivity contribution in [3.8, 4) is 39.4 Å². The van der Waals surface area contributed by atoms with Gasteiger partial charge in [-0.1, -0.05) is 121 Å². The second kappa shape index (κ2) is 13.2. The topological polar surface area (TPSA) is 78.9 Å². The minimum atomic E-state index is 0.485. The van der Waals surface area contributed by atoms with E-state index in [0.717, 1.165) is 61.7 Å². The van der Waals surface area contributed by atoms with Crippen molar-refractivity contribution in [2.45, 2.75) is 6.54 Å². The Kier molecular flexibility index (Phi) is 8.84. The Morgan fingerprint density at radius 2 is 1.21 bits per heavy atom. The van der Waals surface area contributed by atoms with Crippen molar-refractivity contribution in [1.29, 1.82) is 5.26 Å². The molecular weight excluding hydrogens is 514 g/mol. The quantitative estimate of drug-likeness (QED) is 0.197. The molecule has 0 fully saturated rings. The number of aldehydes is 1. The lowest BCUT2D eigenvalue weighted by Crippen LogP contribution is -2.04. The Labute approximate surface area is 246 Å². The second-order valence-corrected chi connectivity index (χ2v) is 9.67. The average molecular weight is 546 g/mol. The van der Waals surface area contributed by atoms with Crippen molar-refractivity contribution in [1.82, 2.24) is 0 Å². The largest absolute Gasteiger partial charge is 0.380 e. The highest BCUT2D eigenvalue weighted by Crippen LogP contribution is 2.37. The smallest absolute Gasteiger partial charge is 0.150 e. The van der Waals surface area contributed by atoms with Crippen LogP contribution in [0.25, 0.3) is 44.2 Å². The molecule has 204 valence electrons. The third-order valence-corrected chi connectivity index (χ3v) is 7.29. The molecule has 0 aromatic heterocycles. The van der Waals surface area contributed by atoms with Gasteiger partial charge in [-0.15, -0.1) is 0 Å². The van der Waals surface area contributed by atoms with Crippen LogP contribution in [-0.4, -0.2) is 13.3 Å². The monoisotopic (exact) mass is 545 g/mol. The van der Waals surface area contributed by atoms with Crippen LogP contribution < -0.4 is 11.1 Å². The molecule has 4 heteroatoms. The van der Waals surface area contributed by atoms with E-state index in [1.54, 1.807) is 0 Å². The van der Waals surface area contributed by atoms with Crippen LogP contribution in [0.5, 0.6) is 0 Å². The average Bonchev–Trinajstić information content (AvgIpc) is 3.08. The minimum Gasteiger partial charge on any atom is -0.380 e. The molecule has 0 saturated heterocycles. The summed E-state index contributed by atoms with van der Waals surface area (Å²) in [5, 5.41) is 15.3. The van der Waals surface area contributed by atoms with Gasteiger partial charge in [-0.05, 0) is 57.9 Å². The summed E-state index contributed by atoms with van der Waals surface area (Å²) in [4.78, 5) is 12.2. The Hall–Kier alpha value is -5.50. The van der Waals surface area contributed by atoms with Gasteiger partial charge in [0, 0.05) is 28.7 Å². The Balaban J connectivity index is 0.00000173. The lowest BCUT2D eigenvalue weighted by atomic mass is 9.89. The van der Waals surface area contributed by atoms with Gasteiger partial charge in [-0.3, -0.25) is 4.79 Å². The zero-order valence-electron chi connectivity index (χ0n) is 23.4. The summed E-state index contributed by atoms with van der Waals surface area (Å²) < 4.78 is 0. The summed E-state index contributed by atoms with van der Waals surface area (Å²) in [6, 6.07) is 47.1. The molecule has 6 aromatic carbocycles. The van der Waals surface area contributed by atoms with Crippen LogP contribution in [0.1, 0.15) is 21.5 Å². The first-order valence-electron chi connectivity index (χ1n) is 13.8. The molecule has 4 nitrogen and oxygen atoms in total. The number of nitrogens with two attached hydrogens (primary N) is 1. The number of nitrogens with one attached hydrogen (secondary N) is 1. The first-order chi connectivity index (χ1) is 20.8. The summed E-state index contributed by atoms with van der Waals surface area (Å²) in [5.74, 6) is 0. The number of anilines is 1. The van der Waals surface area contributed by atoms with Crippen LogP contribution >= 0.6 is 0 Å². The maximum atomic E-state index is 12.2. The highest BCUT2D eigenvalue weighted by molar-refractivity contribution is 6.09. The van der Waals surface area contributed by atoms with E-state index in [1.807, 2.05) is 91.0 Å². The summed E-state index contributed by atoms with van der Waals surface area (Å²) in [7, 11) is 1.50. The van der Waals surface area contributed by atoms with Crippen LogP contribution in [0.15, 0.2) is 133 Å². The number of fused-ring (bicyclic) bond motifs is 1. The number of nitriles is 1. The first kappa shape index (κ1) is 28.0. The maximum Gasteiger partial charge on any atom is 0.150 e. The van der Waals surface area contributed by atoms with Crippen LogP contribution in [0, 0.1) is 11.3 Å². The van der Waals surface area contributed by atoms with E-state index in [0.29, 0.717) is 17.7 Å². The zero-order valence-corrected chi connectivity index (χ0v) is 23.4. The van der Waals surface area contributed by atoms with Gasteiger partial charge in [-0.2, -0.15) is 5.26 Å². The molecule has 0 aliphatic rings. The van der Waals surface area contributed by atoms with Crippen molar-refractivity contribution in [2.75, 3.05) is 12.4 Å². The lowest BCUT2D eigenvalue weighted by molar-refractivity contribution is 0.112. The third-order valence-electron chi connectivity index (χ3n) is 7.29. The van der Waals surface area contributed by atoms with Crippen LogP contribution in [0.4, 0.5) is 5.69 Å². The summed E-state index contributed by atoms with van der Waals surface area (Å²) >= 11 is 0. The molecule has 0 aliphatic carbocycles. The van der Waals surface area contributed by atoms with E-state index in [2.05, 4.69) is 59.6 Å². The maximum absolute atomic E-state index is 12.2. The molecule has 6 aromatic rings. The van der Waals surface area contributed by atoms with Gasteiger partial charge in [0.25, 0.3) is 0 Å². The van der Waals surface area contributed by atoms with E-state index < -0.39 is 0 Å². The Morgan fingerprint density at radius 3 is 1.81 bits per heavy atom. The highest BCUT2D eigenvalue weighted by atomic mass is 16.1. The fourth-order valence-corrected chi connectivity index (χ4v) is 5.35. The predicted octanol–water partition coefficient (Wildman–Crippen LogP) is 8.71. The third kappa shape index (κ3) is 5.69. The molecule has 0 radical (unpaired) electrons. The lowest BCUT2D eigenvalue weighted by Gasteiger charge is -2.18. The van der Waals surface area contributed by atoms with Gasteiger partial charge < -0.3 is 11.1 Å². The number of benzene rings is 6. The van der Waals surface area contributed by atoms with Crippen LogP contribution in [0.3, 0.4) is 0 Å². The number of hydrogen-bond donors (Lipinski definition) is 2. The number of rotatable bonds is 7. The molecular formula is C38H31N3O. The summed E-state index contributed by atoms with van der Waals surface area (Å²) in [5.41, 5.74) is 14.0. The number of carbonyl (C=O) groups is 1. The van der Waals surface area contributed by atoms with Gasteiger partial charge in [0.05, 0.1) is 11.6 Å². The molecule has 6 rings (SSSR count). The van der Waals surface area contributed by atoms with Gasteiger partial charge in [-0.25, -0.2) is 0 Å². The molecule has 0 atom stereocenters. The van der Waals surface area contributed by atoms with E-state index >= 15 is 0 Å². The fourth-order valence-electron chi connectivity index (χ4n) is 5.35. The van der Waals surface area contributed by atoms with E-state index in [-0.39, 0.29) is 0 Å². The number of carbonyl (C=O) groups excluding carboxylic acids is 1. The molecule has 0 aliphatic heterocycles. The second-order valence-electron chi connectivity index (χ2n) is 9.67. The molecule has 0 bridgehead atoms. The van der Waals surface area contributed by atoms with Gasteiger partial charge in [0.15, 0.2) is 6.29 Å². The molecule has 3 N–H and O–H groups in total. The van der Waals surface area contributed by atoms with Crippen molar-refractivity contribution in [2.24, 2.45) is 5.73 Å². The van der Waals surface area contributed by atoms with E-state index in [9.17, 15) is 10.1 Å². The highest BCUT2D eigenvalue weighted by Gasteiger charge is 2.16. The SMILES string of the molecule is CN.N#Cc1ccc(CNc2cc(-c3ccccc3)ccc2-c2ccccc2)c2c(C=O)ccc(-c3ccccc3)c12. The molecule has 0 spiro atoms. The van der Waals surface area contributed by atoms with Crippen molar-refractivity contribution in [3.05, 3.63) is 150 Å². The van der Waals surface area contributed by atoms with Crippen LogP contribution in [-0.2, 0) is 6.54 Å². The van der Waals surface area contributed by atoms with Crippen molar-refractivity contribution in [3.63, 3.8) is 0 Å². The van der Waals surface area contributed by atoms with Gasteiger partial charge >= 0.3 is 0 Å². The fraction of sp³-hybridized carbons (Fsp3) is 0.0526. The summed E-state index contributed by atoms with van der Waals surface area (Å²) in [6.45, 7) is 0.485. The predicted molar refractivity (Wildman–Crippen MR) is 174 cm³/mol. The zero-order chi connectivity index (χ0) is 29.3. The molecule has 0 saturated carbocycles. The Bertz CT molecular complexity index is 1860. The number of hydrogen-bond acceptors (Lipinski definition) is 4. The van der Waals surface area contributed by atoms with E-state index in [4.69, 9.17) is 0 Å². The van der Waals surface area contributed by atoms with Gasteiger partial charge in [0.2, 0.25) is 0 Å². The molecule has 42 heavy (non-hydrogen) atoms. The number of nitrogens with zero attached hydrogens (tertiary/aromatic N) is 1. The first-order valence-corrected chi connectivity index (χ1v) is 13.8.